The van der Waals surface area contributed by atoms with Gasteiger partial charge in [-0.3, -0.25) is 9.78 Å². The number of amides is 1. The molecule has 2 rings (SSSR count). The van der Waals surface area contributed by atoms with Gasteiger partial charge < -0.3 is 0 Å². The molecule has 0 aliphatic carbocycles. The van der Waals surface area contributed by atoms with Gasteiger partial charge in [-0.1, -0.05) is 15.9 Å². The molecule has 0 aliphatic rings. The lowest BCUT2D eigenvalue weighted by atomic mass is 10.2. The molecule has 1 aromatic carbocycles. The number of carbonyl (C=O) groups excluding carboxylic acids is 1. The van der Waals surface area contributed by atoms with E-state index in [0.29, 0.717) is 4.47 Å². The predicted molar refractivity (Wildman–Crippen MR) is 82.1 cm³/mol. The van der Waals surface area contributed by atoms with Gasteiger partial charge in [-0.2, -0.15) is 5.26 Å². The highest BCUT2D eigenvalue weighted by Crippen LogP contribution is 2.19. The molecular formula is C14H9BrFN3O3S. The molecule has 0 saturated carbocycles. The van der Waals surface area contributed by atoms with Gasteiger partial charge >= 0.3 is 0 Å². The number of halogens is 2. The minimum atomic E-state index is -4.13. The topological polar surface area (TPSA) is 99.9 Å². The van der Waals surface area contributed by atoms with E-state index in [-0.39, 0.29) is 22.6 Å². The molecule has 0 unspecified atom stereocenters. The summed E-state index contributed by atoms with van der Waals surface area (Å²) in [7, 11) is -4.13. The lowest BCUT2D eigenvalue weighted by Crippen LogP contribution is -2.32. The molecule has 1 aromatic heterocycles. The minimum Gasteiger partial charge on any atom is -0.274 e. The van der Waals surface area contributed by atoms with Gasteiger partial charge in [-0.25, -0.2) is 17.5 Å². The molecule has 1 N–H and O–H groups in total. The first kappa shape index (κ1) is 17.1. The highest BCUT2D eigenvalue weighted by atomic mass is 79.9. The zero-order valence-electron chi connectivity index (χ0n) is 11.5. The molecule has 0 bridgehead atoms. The zero-order chi connectivity index (χ0) is 17.0. The Labute approximate surface area is 140 Å². The number of nitriles is 1. The standard InChI is InChI=1S/C14H9BrFN3O3S/c15-10-3-9(7-17)4-13(5-10)23(21,22)19-14(20)6-12-2-1-11(16)8-18-12/h1-5,8H,6H2,(H,19,20). The van der Waals surface area contributed by atoms with Crippen LogP contribution in [0.15, 0.2) is 45.9 Å². The van der Waals surface area contributed by atoms with E-state index in [4.69, 9.17) is 5.26 Å². The first-order valence-corrected chi connectivity index (χ1v) is 8.44. The Morgan fingerprint density at radius 2 is 2.09 bits per heavy atom. The van der Waals surface area contributed by atoms with Crippen molar-refractivity contribution in [2.24, 2.45) is 0 Å². The van der Waals surface area contributed by atoms with Crippen LogP contribution in [0.2, 0.25) is 0 Å². The predicted octanol–water partition coefficient (Wildman–Crippen LogP) is 1.90. The molecule has 6 nitrogen and oxygen atoms in total. The Balaban J connectivity index is 2.17. The summed E-state index contributed by atoms with van der Waals surface area (Å²) in [6.45, 7) is 0. The molecule has 2 aromatic rings. The van der Waals surface area contributed by atoms with Crippen LogP contribution in [0, 0.1) is 17.1 Å². The van der Waals surface area contributed by atoms with Gasteiger partial charge in [-0.05, 0) is 30.3 Å². The summed E-state index contributed by atoms with van der Waals surface area (Å²) >= 11 is 3.10. The maximum Gasteiger partial charge on any atom is 0.264 e. The average molecular weight is 398 g/mol. The van der Waals surface area contributed by atoms with E-state index in [1.54, 1.807) is 0 Å². The number of nitrogens with zero attached hydrogens (tertiary/aromatic N) is 2. The maximum atomic E-state index is 12.7. The molecule has 23 heavy (non-hydrogen) atoms. The first-order valence-electron chi connectivity index (χ1n) is 6.17. The molecule has 0 spiro atoms. The minimum absolute atomic E-state index is 0.132. The van der Waals surface area contributed by atoms with E-state index in [0.717, 1.165) is 18.3 Å². The molecular weight excluding hydrogens is 389 g/mol. The van der Waals surface area contributed by atoms with Crippen LogP contribution in [0.3, 0.4) is 0 Å². The molecule has 0 aliphatic heterocycles. The van der Waals surface area contributed by atoms with Crippen molar-refractivity contribution >= 4 is 31.9 Å². The number of pyridine rings is 1. The largest absolute Gasteiger partial charge is 0.274 e. The van der Waals surface area contributed by atoms with Crippen molar-refractivity contribution in [2.75, 3.05) is 0 Å². The Hall–Kier alpha value is -2.31. The number of sulfonamides is 1. The third-order valence-electron chi connectivity index (χ3n) is 2.69. The Morgan fingerprint density at radius 3 is 2.70 bits per heavy atom. The molecule has 0 radical (unpaired) electrons. The van der Waals surface area contributed by atoms with E-state index < -0.39 is 21.7 Å². The monoisotopic (exact) mass is 397 g/mol. The number of rotatable bonds is 4. The Morgan fingerprint density at radius 1 is 1.35 bits per heavy atom. The first-order chi connectivity index (χ1) is 10.8. The number of hydrogen-bond acceptors (Lipinski definition) is 5. The fourth-order valence-electron chi connectivity index (χ4n) is 1.70. The molecule has 0 atom stereocenters. The van der Waals surface area contributed by atoms with Crippen molar-refractivity contribution in [1.29, 1.82) is 5.26 Å². The second-order valence-electron chi connectivity index (χ2n) is 4.46. The fraction of sp³-hybridized carbons (Fsp3) is 0.0714. The number of carbonyl (C=O) groups is 1. The van der Waals surface area contributed by atoms with Crippen LogP contribution >= 0.6 is 15.9 Å². The zero-order valence-corrected chi connectivity index (χ0v) is 13.9. The van der Waals surface area contributed by atoms with Gasteiger partial charge in [0.2, 0.25) is 5.91 Å². The lowest BCUT2D eigenvalue weighted by molar-refractivity contribution is -0.118. The lowest BCUT2D eigenvalue weighted by Gasteiger charge is -2.07. The van der Waals surface area contributed by atoms with Crippen LogP contribution < -0.4 is 4.72 Å². The SMILES string of the molecule is N#Cc1cc(Br)cc(S(=O)(=O)NC(=O)Cc2ccc(F)cn2)c1. The summed E-state index contributed by atoms with van der Waals surface area (Å²) < 4.78 is 39.3. The van der Waals surface area contributed by atoms with Crippen molar-refractivity contribution in [1.82, 2.24) is 9.71 Å². The molecule has 0 fully saturated rings. The summed E-state index contributed by atoms with van der Waals surface area (Å²) in [5.41, 5.74) is 0.360. The average Bonchev–Trinajstić information content (AvgIpc) is 2.48. The van der Waals surface area contributed by atoms with Crippen LogP contribution in [0.5, 0.6) is 0 Å². The van der Waals surface area contributed by atoms with Gasteiger partial charge in [0.1, 0.15) is 5.82 Å². The van der Waals surface area contributed by atoms with Crippen LogP contribution in [0.4, 0.5) is 4.39 Å². The highest BCUT2D eigenvalue weighted by Gasteiger charge is 2.19. The maximum absolute atomic E-state index is 12.7. The quantitative estimate of drug-likeness (QED) is 0.848. The van der Waals surface area contributed by atoms with Gasteiger partial charge in [0, 0.05) is 10.2 Å². The molecule has 0 saturated heterocycles. The van der Waals surface area contributed by atoms with Crippen molar-refractivity contribution in [3.05, 3.63) is 58.1 Å². The van der Waals surface area contributed by atoms with Crippen LogP contribution in [0.1, 0.15) is 11.3 Å². The van der Waals surface area contributed by atoms with Gasteiger partial charge in [0.05, 0.1) is 29.1 Å². The summed E-state index contributed by atoms with van der Waals surface area (Å²) in [6.07, 6.45) is 0.614. The van der Waals surface area contributed by atoms with Crippen LogP contribution in [-0.2, 0) is 21.2 Å². The third kappa shape index (κ3) is 4.58. The summed E-state index contributed by atoms with van der Waals surface area (Å²) in [5.74, 6) is -1.37. The second-order valence-corrected chi connectivity index (χ2v) is 7.06. The highest BCUT2D eigenvalue weighted by molar-refractivity contribution is 9.10. The summed E-state index contributed by atoms with van der Waals surface area (Å²) in [6, 6.07) is 8.10. The number of nitrogens with one attached hydrogen (secondary N) is 1. The Bertz CT molecular complexity index is 892. The van der Waals surface area contributed by atoms with Crippen molar-refractivity contribution in [3.63, 3.8) is 0 Å². The van der Waals surface area contributed by atoms with Gasteiger partial charge in [0.25, 0.3) is 10.0 Å². The third-order valence-corrected chi connectivity index (χ3v) is 4.50. The van der Waals surface area contributed by atoms with E-state index in [2.05, 4.69) is 20.9 Å². The van der Waals surface area contributed by atoms with E-state index in [9.17, 15) is 17.6 Å². The van der Waals surface area contributed by atoms with Crippen molar-refractivity contribution in [3.8, 4) is 6.07 Å². The van der Waals surface area contributed by atoms with Crippen molar-refractivity contribution in [2.45, 2.75) is 11.3 Å². The van der Waals surface area contributed by atoms with Crippen LogP contribution in [0.25, 0.3) is 0 Å². The van der Waals surface area contributed by atoms with Crippen LogP contribution in [-0.4, -0.2) is 19.3 Å². The van der Waals surface area contributed by atoms with E-state index in [1.807, 2.05) is 10.8 Å². The molecule has 1 amide bonds. The second kappa shape index (κ2) is 6.85. The summed E-state index contributed by atoms with van der Waals surface area (Å²) in [4.78, 5) is 15.3. The fourth-order valence-corrected chi connectivity index (χ4v) is 3.40. The normalized spacial score (nSPS) is 10.8. The summed E-state index contributed by atoms with van der Waals surface area (Å²) in [5, 5.41) is 8.86. The van der Waals surface area contributed by atoms with E-state index >= 15 is 0 Å². The van der Waals surface area contributed by atoms with Crippen molar-refractivity contribution < 1.29 is 17.6 Å². The Kier molecular flexibility index (Phi) is 5.08. The number of hydrogen-bond donors (Lipinski definition) is 1. The smallest absolute Gasteiger partial charge is 0.264 e. The molecule has 118 valence electrons. The molecule has 1 heterocycles. The molecule has 9 heteroatoms. The number of aromatic nitrogens is 1. The van der Waals surface area contributed by atoms with E-state index in [1.165, 1.54) is 18.2 Å². The number of benzene rings is 1. The van der Waals surface area contributed by atoms with Gasteiger partial charge in [-0.15, -0.1) is 0 Å². The van der Waals surface area contributed by atoms with Gasteiger partial charge in [0.15, 0.2) is 0 Å².